The Labute approximate surface area is 173 Å². The van der Waals surface area contributed by atoms with Crippen LogP contribution in [0.3, 0.4) is 0 Å². The molecule has 2 N–H and O–H groups in total. The number of aromatic nitrogens is 1. The zero-order chi connectivity index (χ0) is 21.0. The molecule has 0 spiro atoms. The standard InChI is InChI=1S/C19H20N4O4S2/c1-23(2)29(25,26)15-7-5-14(6-8-15)16-12-28-19(21-16)22-20-11-13-4-9-17(24)18(10-13)27-3/h4-12,24H,1-3H3,(H,21,22)/b20-11-. The number of rotatable bonds is 7. The lowest BCUT2D eigenvalue weighted by molar-refractivity contribution is 0.373. The van der Waals surface area contributed by atoms with E-state index in [0.717, 1.165) is 11.1 Å². The number of hydrogen-bond donors (Lipinski definition) is 2. The molecule has 0 saturated heterocycles. The van der Waals surface area contributed by atoms with E-state index in [1.54, 1.807) is 42.6 Å². The van der Waals surface area contributed by atoms with Gasteiger partial charge in [0.25, 0.3) is 0 Å². The predicted molar refractivity (Wildman–Crippen MR) is 114 cm³/mol. The van der Waals surface area contributed by atoms with Crippen LogP contribution in [0.1, 0.15) is 5.56 Å². The number of aromatic hydroxyl groups is 1. The maximum atomic E-state index is 12.1. The van der Waals surface area contributed by atoms with Gasteiger partial charge < -0.3 is 9.84 Å². The van der Waals surface area contributed by atoms with Crippen molar-refractivity contribution in [2.75, 3.05) is 26.6 Å². The number of phenolic OH excluding ortho intramolecular Hbond substituents is 1. The molecular formula is C19H20N4O4S2. The molecule has 0 bridgehead atoms. The van der Waals surface area contributed by atoms with Crippen LogP contribution in [0, 0.1) is 0 Å². The van der Waals surface area contributed by atoms with Gasteiger partial charge in [-0.15, -0.1) is 11.3 Å². The van der Waals surface area contributed by atoms with Gasteiger partial charge >= 0.3 is 0 Å². The third kappa shape index (κ3) is 4.73. The van der Waals surface area contributed by atoms with Crippen LogP contribution in [0.15, 0.2) is 57.8 Å². The van der Waals surface area contributed by atoms with E-state index in [1.165, 1.54) is 42.9 Å². The number of sulfonamides is 1. The SMILES string of the molecule is COc1cc(/C=N\Nc2nc(-c3ccc(S(=O)(=O)N(C)C)cc3)cs2)ccc1O. The van der Waals surface area contributed by atoms with Gasteiger partial charge in [0.1, 0.15) is 0 Å². The Balaban J connectivity index is 1.69. The average Bonchev–Trinajstić information content (AvgIpc) is 3.18. The smallest absolute Gasteiger partial charge is 0.242 e. The first-order valence-corrected chi connectivity index (χ1v) is 10.8. The number of phenols is 1. The van der Waals surface area contributed by atoms with Crippen molar-refractivity contribution in [3.05, 3.63) is 53.4 Å². The van der Waals surface area contributed by atoms with Crippen LogP contribution in [-0.4, -0.2) is 50.2 Å². The van der Waals surface area contributed by atoms with Crippen molar-refractivity contribution in [3.8, 4) is 22.8 Å². The van der Waals surface area contributed by atoms with Gasteiger partial charge in [-0.25, -0.2) is 17.7 Å². The number of ether oxygens (including phenoxy) is 1. The van der Waals surface area contributed by atoms with Crippen molar-refractivity contribution in [1.82, 2.24) is 9.29 Å². The number of nitrogens with zero attached hydrogens (tertiary/aromatic N) is 3. The summed E-state index contributed by atoms with van der Waals surface area (Å²) in [5.74, 6) is 0.428. The number of anilines is 1. The molecule has 0 aliphatic carbocycles. The molecule has 0 fully saturated rings. The summed E-state index contributed by atoms with van der Waals surface area (Å²) in [6, 6.07) is 11.5. The van der Waals surface area contributed by atoms with Crippen LogP contribution < -0.4 is 10.2 Å². The molecule has 1 aromatic heterocycles. The minimum Gasteiger partial charge on any atom is -0.504 e. The highest BCUT2D eigenvalue weighted by atomic mass is 32.2. The Morgan fingerprint density at radius 1 is 1.21 bits per heavy atom. The van der Waals surface area contributed by atoms with Crippen LogP contribution in [0.4, 0.5) is 5.13 Å². The first-order chi connectivity index (χ1) is 13.8. The quantitative estimate of drug-likeness (QED) is 0.439. The molecule has 0 unspecified atom stereocenters. The molecular weight excluding hydrogens is 412 g/mol. The number of hydrogen-bond acceptors (Lipinski definition) is 8. The van der Waals surface area contributed by atoms with Gasteiger partial charge in [-0.1, -0.05) is 12.1 Å². The second-order valence-electron chi connectivity index (χ2n) is 6.15. The third-order valence-corrected chi connectivity index (χ3v) is 6.59. The fourth-order valence-corrected chi connectivity index (χ4v) is 3.97. The Morgan fingerprint density at radius 3 is 2.59 bits per heavy atom. The number of nitrogens with one attached hydrogen (secondary N) is 1. The second-order valence-corrected chi connectivity index (χ2v) is 9.16. The lowest BCUT2D eigenvalue weighted by atomic mass is 10.2. The topological polar surface area (TPSA) is 104 Å². The Morgan fingerprint density at radius 2 is 1.93 bits per heavy atom. The zero-order valence-corrected chi connectivity index (χ0v) is 17.7. The Kier molecular flexibility index (Phi) is 6.16. The minimum absolute atomic E-state index is 0.0616. The summed E-state index contributed by atoms with van der Waals surface area (Å²) in [6.07, 6.45) is 1.59. The molecule has 8 nitrogen and oxygen atoms in total. The fourth-order valence-electron chi connectivity index (χ4n) is 2.40. The minimum atomic E-state index is -3.46. The van der Waals surface area contributed by atoms with Crippen molar-refractivity contribution in [3.63, 3.8) is 0 Å². The molecule has 0 saturated carbocycles. The second kappa shape index (κ2) is 8.60. The molecule has 10 heteroatoms. The van der Waals surface area contributed by atoms with Gasteiger partial charge in [-0.2, -0.15) is 5.10 Å². The normalized spacial score (nSPS) is 11.9. The van der Waals surface area contributed by atoms with E-state index in [1.807, 2.05) is 5.38 Å². The van der Waals surface area contributed by atoms with Crippen molar-refractivity contribution in [2.45, 2.75) is 4.90 Å². The van der Waals surface area contributed by atoms with Crippen molar-refractivity contribution in [2.24, 2.45) is 5.10 Å². The van der Waals surface area contributed by atoms with Gasteiger partial charge in [-0.3, -0.25) is 5.43 Å². The lowest BCUT2D eigenvalue weighted by Gasteiger charge is -2.11. The van der Waals surface area contributed by atoms with Gasteiger partial charge in [0, 0.05) is 25.0 Å². The molecule has 29 heavy (non-hydrogen) atoms. The van der Waals surface area contributed by atoms with Crippen LogP contribution in [-0.2, 0) is 10.0 Å². The molecule has 0 aliphatic heterocycles. The lowest BCUT2D eigenvalue weighted by Crippen LogP contribution is -2.22. The van der Waals surface area contributed by atoms with Crippen LogP contribution in [0.25, 0.3) is 11.3 Å². The first-order valence-electron chi connectivity index (χ1n) is 8.46. The fraction of sp³-hybridized carbons (Fsp3) is 0.158. The van der Waals surface area contributed by atoms with Gasteiger partial charge in [0.05, 0.1) is 23.9 Å². The summed E-state index contributed by atoms with van der Waals surface area (Å²) in [5, 5.41) is 16.2. The summed E-state index contributed by atoms with van der Waals surface area (Å²) in [7, 11) is 1.02. The first kappa shape index (κ1) is 20.8. The van der Waals surface area contributed by atoms with Gasteiger partial charge in [0.2, 0.25) is 15.2 Å². The number of hydrazone groups is 1. The van der Waals surface area contributed by atoms with Gasteiger partial charge in [-0.05, 0) is 35.9 Å². The zero-order valence-electron chi connectivity index (χ0n) is 16.0. The predicted octanol–water partition coefficient (Wildman–Crippen LogP) is 3.22. The Bertz CT molecular complexity index is 1120. The summed E-state index contributed by atoms with van der Waals surface area (Å²) in [6.45, 7) is 0. The molecule has 3 rings (SSSR count). The molecule has 0 radical (unpaired) electrons. The molecule has 152 valence electrons. The monoisotopic (exact) mass is 432 g/mol. The highest BCUT2D eigenvalue weighted by Crippen LogP contribution is 2.27. The summed E-state index contributed by atoms with van der Waals surface area (Å²) >= 11 is 1.38. The van der Waals surface area contributed by atoms with Crippen LogP contribution in [0.5, 0.6) is 11.5 Å². The van der Waals surface area contributed by atoms with Crippen molar-refractivity contribution >= 4 is 32.7 Å². The summed E-state index contributed by atoms with van der Waals surface area (Å²) in [5.41, 5.74) is 5.13. The number of methoxy groups -OCH3 is 1. The molecule has 2 aromatic carbocycles. The van der Waals surface area contributed by atoms with E-state index in [4.69, 9.17) is 4.74 Å². The van der Waals surface area contributed by atoms with E-state index in [-0.39, 0.29) is 10.6 Å². The highest BCUT2D eigenvalue weighted by Gasteiger charge is 2.17. The maximum Gasteiger partial charge on any atom is 0.242 e. The maximum absolute atomic E-state index is 12.1. The van der Waals surface area contributed by atoms with Crippen molar-refractivity contribution in [1.29, 1.82) is 0 Å². The summed E-state index contributed by atoms with van der Waals surface area (Å²) < 4.78 is 30.5. The summed E-state index contributed by atoms with van der Waals surface area (Å²) in [4.78, 5) is 4.69. The number of thiazole rings is 1. The largest absolute Gasteiger partial charge is 0.504 e. The van der Waals surface area contributed by atoms with E-state index >= 15 is 0 Å². The van der Waals surface area contributed by atoms with E-state index < -0.39 is 10.0 Å². The molecule has 0 amide bonds. The van der Waals surface area contributed by atoms with E-state index in [2.05, 4.69) is 15.5 Å². The van der Waals surface area contributed by atoms with Crippen molar-refractivity contribution < 1.29 is 18.3 Å². The van der Waals surface area contributed by atoms with Crippen LogP contribution >= 0.6 is 11.3 Å². The molecule has 0 aliphatic rings. The molecule has 0 atom stereocenters. The van der Waals surface area contributed by atoms with E-state index in [0.29, 0.717) is 16.6 Å². The molecule has 1 heterocycles. The average molecular weight is 433 g/mol. The molecule has 3 aromatic rings. The van der Waals surface area contributed by atoms with E-state index in [9.17, 15) is 13.5 Å². The Hall–Kier alpha value is -2.95. The third-order valence-electron chi connectivity index (χ3n) is 4.01. The highest BCUT2D eigenvalue weighted by molar-refractivity contribution is 7.89. The van der Waals surface area contributed by atoms with Gasteiger partial charge in [0.15, 0.2) is 11.5 Å². The number of benzene rings is 2. The van der Waals surface area contributed by atoms with Crippen LogP contribution in [0.2, 0.25) is 0 Å².